The van der Waals surface area contributed by atoms with Gasteiger partial charge in [0.05, 0.1) is 5.41 Å². The van der Waals surface area contributed by atoms with E-state index >= 15 is 0 Å². The first kappa shape index (κ1) is 20.5. The molecule has 5 aliphatic rings. The second-order valence-electron chi connectivity index (χ2n) is 9.69. The van der Waals surface area contributed by atoms with Crippen molar-refractivity contribution in [2.75, 3.05) is 13.1 Å². The number of nitrogens with two attached hydrogens (primary N) is 1. The fraction of sp³-hybridized carbons (Fsp3) is 0.714. The molecule has 1 aromatic heterocycles. The van der Waals surface area contributed by atoms with Crippen molar-refractivity contribution in [3.8, 4) is 0 Å². The molecule has 0 radical (unpaired) electrons. The van der Waals surface area contributed by atoms with Crippen molar-refractivity contribution in [2.24, 2.45) is 28.9 Å². The molecular weight excluding hydrogens is 413 g/mol. The Morgan fingerprint density at radius 1 is 1.19 bits per heavy atom. The highest BCUT2D eigenvalue weighted by Gasteiger charge is 2.59. The van der Waals surface area contributed by atoms with Gasteiger partial charge in [0.25, 0.3) is 0 Å². The molecule has 0 spiro atoms. The van der Waals surface area contributed by atoms with E-state index in [1.54, 1.807) is 0 Å². The number of likely N-dealkylation sites (tertiary alicyclic amines) is 1. The summed E-state index contributed by atoms with van der Waals surface area (Å²) in [5.41, 5.74) is 4.29. The molecule has 4 unspecified atom stereocenters. The summed E-state index contributed by atoms with van der Waals surface area (Å²) in [7, 11) is 0. The van der Waals surface area contributed by atoms with E-state index in [0.717, 1.165) is 31.5 Å². The number of carbonyl (C=O) groups excluding carboxylic acids is 2. The van der Waals surface area contributed by atoms with Gasteiger partial charge in [0.15, 0.2) is 0 Å². The van der Waals surface area contributed by atoms with Gasteiger partial charge in [-0.05, 0) is 62.3 Å². The Morgan fingerprint density at radius 2 is 1.90 bits per heavy atom. The molecular formula is C21H25F3N4O3. The number of ether oxygens (including phenoxy) is 1. The zero-order chi connectivity index (χ0) is 22.0. The van der Waals surface area contributed by atoms with Crippen LogP contribution < -0.4 is 5.73 Å². The Balaban J connectivity index is 1.23. The van der Waals surface area contributed by atoms with Crippen LogP contribution in [0.1, 0.15) is 56.0 Å². The molecule has 4 bridgehead atoms. The highest BCUT2D eigenvalue weighted by Crippen LogP contribution is 2.60. The van der Waals surface area contributed by atoms with Gasteiger partial charge >= 0.3 is 12.3 Å². The highest BCUT2D eigenvalue weighted by atomic mass is 19.4. The third-order valence-corrected chi connectivity index (χ3v) is 7.72. The molecule has 4 aliphatic carbocycles. The highest BCUT2D eigenvalue weighted by molar-refractivity contribution is 5.81. The number of carbonyl (C=O) groups is 2. The van der Waals surface area contributed by atoms with Crippen LogP contribution in [0.2, 0.25) is 0 Å². The third kappa shape index (κ3) is 3.53. The molecule has 2 amide bonds. The number of nitrogens with zero attached hydrogens (tertiary/aromatic N) is 3. The van der Waals surface area contributed by atoms with E-state index < -0.39 is 23.4 Å². The number of alkyl halides is 3. The van der Waals surface area contributed by atoms with Crippen molar-refractivity contribution in [1.29, 1.82) is 0 Å². The van der Waals surface area contributed by atoms with Crippen molar-refractivity contribution in [1.82, 2.24) is 14.9 Å². The van der Waals surface area contributed by atoms with Crippen molar-refractivity contribution >= 4 is 12.0 Å². The van der Waals surface area contributed by atoms with Crippen LogP contribution in [-0.4, -0.2) is 46.1 Å². The van der Waals surface area contributed by atoms with Crippen LogP contribution in [0.25, 0.3) is 0 Å². The summed E-state index contributed by atoms with van der Waals surface area (Å²) in [6, 6.07) is 0.843. The van der Waals surface area contributed by atoms with Crippen LogP contribution in [0.15, 0.2) is 12.3 Å². The molecule has 1 aliphatic heterocycles. The van der Waals surface area contributed by atoms with Crippen molar-refractivity contribution in [2.45, 2.75) is 56.7 Å². The molecule has 4 saturated carbocycles. The van der Waals surface area contributed by atoms with Crippen LogP contribution >= 0.6 is 0 Å². The summed E-state index contributed by atoms with van der Waals surface area (Å²) in [6.45, 7) is 0.620. The number of aromatic nitrogens is 2. The van der Waals surface area contributed by atoms with E-state index in [4.69, 9.17) is 10.5 Å². The van der Waals surface area contributed by atoms with Gasteiger partial charge < -0.3 is 15.4 Å². The minimum absolute atomic E-state index is 0.100. The Hall–Kier alpha value is -2.39. The molecule has 1 aromatic rings. The summed E-state index contributed by atoms with van der Waals surface area (Å²) in [4.78, 5) is 34.1. The molecule has 1 saturated heterocycles. The number of hydrogen-bond acceptors (Lipinski definition) is 5. The van der Waals surface area contributed by atoms with Gasteiger partial charge in [-0.1, -0.05) is 0 Å². The number of rotatable bonds is 3. The molecule has 2 N–H and O–H groups in total. The lowest BCUT2D eigenvalue weighted by Crippen LogP contribution is -2.59. The second kappa shape index (κ2) is 7.06. The average Bonchev–Trinajstić information content (AvgIpc) is 3.20. The summed E-state index contributed by atoms with van der Waals surface area (Å²) in [5, 5.41) is 0. The Morgan fingerprint density at radius 3 is 2.55 bits per heavy atom. The Labute approximate surface area is 177 Å². The van der Waals surface area contributed by atoms with E-state index in [0.29, 0.717) is 31.7 Å². The summed E-state index contributed by atoms with van der Waals surface area (Å²) < 4.78 is 44.7. The number of amides is 2. The van der Waals surface area contributed by atoms with Crippen LogP contribution in [0.5, 0.6) is 0 Å². The van der Waals surface area contributed by atoms with E-state index in [9.17, 15) is 22.8 Å². The predicted octanol–water partition coefficient (Wildman–Crippen LogP) is 3.10. The SMILES string of the molecule is NC(=O)C12CC3C[C@H](C1)C(OC(=O)N1CCC(c4nccc(C(F)(F)F)n4)C1)[C@@H](C3)C2. The maximum atomic E-state index is 12.9. The molecule has 168 valence electrons. The van der Waals surface area contributed by atoms with Crippen molar-refractivity contribution in [3.63, 3.8) is 0 Å². The average molecular weight is 438 g/mol. The summed E-state index contributed by atoms with van der Waals surface area (Å²) >= 11 is 0. The fourth-order valence-corrected chi connectivity index (χ4v) is 6.53. The van der Waals surface area contributed by atoms with Crippen molar-refractivity contribution in [3.05, 3.63) is 23.8 Å². The minimum Gasteiger partial charge on any atom is -0.446 e. The summed E-state index contributed by atoms with van der Waals surface area (Å²) in [5.74, 6) is 0.268. The van der Waals surface area contributed by atoms with E-state index in [-0.39, 0.29) is 42.1 Å². The monoisotopic (exact) mass is 438 g/mol. The second-order valence-corrected chi connectivity index (χ2v) is 9.69. The van der Waals surface area contributed by atoms with Crippen LogP contribution in [0, 0.1) is 23.2 Å². The lowest BCUT2D eigenvalue weighted by Gasteiger charge is -2.58. The molecule has 10 heteroatoms. The van der Waals surface area contributed by atoms with Gasteiger partial charge in [-0.2, -0.15) is 13.2 Å². The Kier molecular flexibility index (Phi) is 4.67. The molecule has 0 aromatic carbocycles. The fourth-order valence-electron chi connectivity index (χ4n) is 6.53. The van der Waals surface area contributed by atoms with Crippen LogP contribution in [0.3, 0.4) is 0 Å². The quantitative estimate of drug-likeness (QED) is 0.782. The first-order valence-corrected chi connectivity index (χ1v) is 10.8. The topological polar surface area (TPSA) is 98.4 Å². The number of hydrogen-bond donors (Lipinski definition) is 1. The first-order valence-electron chi connectivity index (χ1n) is 10.8. The van der Waals surface area contributed by atoms with Crippen LogP contribution in [0.4, 0.5) is 18.0 Å². The van der Waals surface area contributed by atoms with E-state index in [1.165, 1.54) is 4.90 Å². The molecule has 2 heterocycles. The van der Waals surface area contributed by atoms with Crippen LogP contribution in [-0.2, 0) is 15.7 Å². The number of halogens is 3. The van der Waals surface area contributed by atoms with Gasteiger partial charge in [0, 0.05) is 25.2 Å². The smallest absolute Gasteiger partial charge is 0.433 e. The third-order valence-electron chi connectivity index (χ3n) is 7.72. The minimum atomic E-state index is -4.53. The lowest BCUT2D eigenvalue weighted by atomic mass is 9.48. The zero-order valence-corrected chi connectivity index (χ0v) is 17.0. The zero-order valence-electron chi connectivity index (χ0n) is 17.0. The predicted molar refractivity (Wildman–Crippen MR) is 101 cm³/mol. The summed E-state index contributed by atoms with van der Waals surface area (Å²) in [6.07, 6.45) is 0.490. The lowest BCUT2D eigenvalue weighted by molar-refractivity contribution is -0.161. The maximum absolute atomic E-state index is 12.9. The molecule has 6 atom stereocenters. The normalized spacial score (nSPS) is 36.6. The largest absolute Gasteiger partial charge is 0.446 e. The Bertz CT molecular complexity index is 892. The maximum Gasteiger partial charge on any atom is 0.433 e. The van der Waals surface area contributed by atoms with Crippen molar-refractivity contribution < 1.29 is 27.5 Å². The molecule has 6 rings (SSSR count). The van der Waals surface area contributed by atoms with Gasteiger partial charge in [-0.3, -0.25) is 4.79 Å². The molecule has 5 fully saturated rings. The molecule has 31 heavy (non-hydrogen) atoms. The van der Waals surface area contributed by atoms with E-state index in [1.807, 2.05) is 0 Å². The van der Waals surface area contributed by atoms with Gasteiger partial charge in [-0.15, -0.1) is 0 Å². The first-order chi connectivity index (χ1) is 14.6. The number of primary amides is 1. The molecule has 7 nitrogen and oxygen atoms in total. The van der Waals surface area contributed by atoms with E-state index in [2.05, 4.69) is 9.97 Å². The van der Waals surface area contributed by atoms with Gasteiger partial charge in [-0.25, -0.2) is 14.8 Å². The van der Waals surface area contributed by atoms with Gasteiger partial charge in [0.2, 0.25) is 5.91 Å². The standard InChI is InChI=1S/C21H25F3N4O3/c22-21(23,24)15-1-3-26-17(27-15)12-2-4-28(10-12)19(30)31-16-13-5-11-6-14(16)9-20(7-11,8-13)18(25)29/h1,3,11-14,16H,2,4-10H2,(H2,25,29)/t11?,12?,13-,14+,16?,20?. The van der Waals surface area contributed by atoms with Gasteiger partial charge in [0.1, 0.15) is 17.6 Å².